The smallest absolute Gasteiger partial charge is 0.341 e. The van der Waals surface area contributed by atoms with Crippen LogP contribution in [0, 0.1) is 17.6 Å². The van der Waals surface area contributed by atoms with Gasteiger partial charge in [-0.15, -0.1) is 0 Å². The van der Waals surface area contributed by atoms with Crippen LogP contribution in [0.25, 0.3) is 22.5 Å². The van der Waals surface area contributed by atoms with Crippen LogP contribution < -0.4 is 4.74 Å². The number of hydrogen-bond acceptors (Lipinski definition) is 3. The van der Waals surface area contributed by atoms with Crippen molar-refractivity contribution in [2.75, 3.05) is 6.61 Å². The molecule has 0 fully saturated rings. The van der Waals surface area contributed by atoms with Gasteiger partial charge in [0.1, 0.15) is 5.75 Å². The van der Waals surface area contributed by atoms with Gasteiger partial charge in [0.25, 0.3) is 0 Å². The molecule has 0 aliphatic rings. The summed E-state index contributed by atoms with van der Waals surface area (Å²) in [6, 6.07) is 10.7. The van der Waals surface area contributed by atoms with Gasteiger partial charge in [-0.05, 0) is 35.7 Å². The SMILES string of the molecule is CC(C)Cn1nc(-c2cc(F)c(F)cc2OCC(=O)O)cc1-c1ccc(Cl)cc1. The van der Waals surface area contributed by atoms with Gasteiger partial charge in [0, 0.05) is 23.2 Å². The Morgan fingerprint density at radius 3 is 2.45 bits per heavy atom. The van der Waals surface area contributed by atoms with E-state index in [0.29, 0.717) is 17.3 Å². The number of benzene rings is 2. The van der Waals surface area contributed by atoms with E-state index in [-0.39, 0.29) is 17.2 Å². The molecule has 0 saturated heterocycles. The highest BCUT2D eigenvalue weighted by Crippen LogP contribution is 2.34. The summed E-state index contributed by atoms with van der Waals surface area (Å²) in [5.74, 6) is -3.25. The van der Waals surface area contributed by atoms with Crippen molar-refractivity contribution >= 4 is 17.6 Å². The Balaban J connectivity index is 2.12. The van der Waals surface area contributed by atoms with Crippen LogP contribution in [-0.2, 0) is 11.3 Å². The van der Waals surface area contributed by atoms with Crippen LogP contribution in [0.5, 0.6) is 5.75 Å². The van der Waals surface area contributed by atoms with E-state index in [1.807, 2.05) is 26.0 Å². The molecular formula is C21H19ClF2N2O3. The molecule has 3 rings (SSSR count). The highest BCUT2D eigenvalue weighted by atomic mass is 35.5. The topological polar surface area (TPSA) is 64.4 Å². The number of carbonyl (C=O) groups is 1. The fourth-order valence-corrected chi connectivity index (χ4v) is 3.00. The van der Waals surface area contributed by atoms with Crippen LogP contribution in [0.3, 0.4) is 0 Å². The van der Waals surface area contributed by atoms with Crippen molar-refractivity contribution < 1.29 is 23.4 Å². The van der Waals surface area contributed by atoms with Gasteiger partial charge in [-0.2, -0.15) is 5.10 Å². The van der Waals surface area contributed by atoms with E-state index in [1.165, 1.54) is 0 Å². The lowest BCUT2D eigenvalue weighted by molar-refractivity contribution is -0.139. The summed E-state index contributed by atoms with van der Waals surface area (Å²) < 4.78 is 34.6. The Kier molecular flexibility index (Phi) is 6.17. The molecule has 5 nitrogen and oxygen atoms in total. The zero-order valence-corrected chi connectivity index (χ0v) is 16.6. The molecule has 0 amide bonds. The van der Waals surface area contributed by atoms with Gasteiger partial charge in [-0.3, -0.25) is 4.68 Å². The molecule has 29 heavy (non-hydrogen) atoms. The lowest BCUT2D eigenvalue weighted by atomic mass is 10.1. The highest BCUT2D eigenvalue weighted by Gasteiger charge is 2.19. The van der Waals surface area contributed by atoms with E-state index in [4.69, 9.17) is 21.4 Å². The average molecular weight is 421 g/mol. The fourth-order valence-electron chi connectivity index (χ4n) is 2.87. The zero-order chi connectivity index (χ0) is 21.1. The number of ether oxygens (including phenoxy) is 1. The molecule has 8 heteroatoms. The molecule has 0 saturated carbocycles. The van der Waals surface area contributed by atoms with Crippen molar-refractivity contribution in [2.24, 2.45) is 5.92 Å². The first-order chi connectivity index (χ1) is 13.7. The minimum atomic E-state index is -1.23. The van der Waals surface area contributed by atoms with Crippen LogP contribution in [0.15, 0.2) is 42.5 Å². The Morgan fingerprint density at radius 1 is 1.17 bits per heavy atom. The van der Waals surface area contributed by atoms with Crippen molar-refractivity contribution in [1.82, 2.24) is 9.78 Å². The number of carboxylic acids is 1. The molecule has 0 aliphatic heterocycles. The first kappa shape index (κ1) is 20.8. The molecule has 152 valence electrons. The molecule has 3 aromatic rings. The van der Waals surface area contributed by atoms with Gasteiger partial charge >= 0.3 is 5.97 Å². The maximum atomic E-state index is 13.9. The standard InChI is InChI=1S/C21H19ClF2N2O3/c1-12(2)10-26-19(13-3-5-14(22)6-4-13)9-18(25-26)15-7-16(23)17(24)8-20(15)29-11-21(27)28/h3-9,12H,10-11H2,1-2H3,(H,27,28). The van der Waals surface area contributed by atoms with Crippen LogP contribution in [0.4, 0.5) is 8.78 Å². The molecule has 1 heterocycles. The predicted octanol–water partition coefficient (Wildman–Crippen LogP) is 5.27. The first-order valence-corrected chi connectivity index (χ1v) is 9.30. The van der Waals surface area contributed by atoms with E-state index in [1.54, 1.807) is 22.9 Å². The summed E-state index contributed by atoms with van der Waals surface area (Å²) in [4.78, 5) is 10.8. The minimum absolute atomic E-state index is 0.0943. The Morgan fingerprint density at radius 2 is 1.83 bits per heavy atom. The molecule has 0 bridgehead atoms. The van der Waals surface area contributed by atoms with Crippen molar-refractivity contribution in [3.63, 3.8) is 0 Å². The maximum Gasteiger partial charge on any atom is 0.341 e. The van der Waals surface area contributed by atoms with Crippen molar-refractivity contribution in [2.45, 2.75) is 20.4 Å². The number of aromatic nitrogens is 2. The summed E-state index contributed by atoms with van der Waals surface area (Å²) >= 11 is 5.97. The summed E-state index contributed by atoms with van der Waals surface area (Å²) in [5, 5.41) is 14.0. The van der Waals surface area contributed by atoms with Crippen molar-refractivity contribution in [1.29, 1.82) is 0 Å². The Hall–Kier alpha value is -2.93. The third kappa shape index (κ3) is 4.92. The maximum absolute atomic E-state index is 13.9. The fraction of sp³-hybridized carbons (Fsp3) is 0.238. The molecule has 0 unspecified atom stereocenters. The third-order valence-electron chi connectivity index (χ3n) is 4.11. The van der Waals surface area contributed by atoms with E-state index < -0.39 is 24.2 Å². The zero-order valence-electron chi connectivity index (χ0n) is 15.8. The Bertz CT molecular complexity index is 1030. The number of aliphatic carboxylic acids is 1. The quantitative estimate of drug-likeness (QED) is 0.565. The van der Waals surface area contributed by atoms with Crippen molar-refractivity contribution in [3.05, 3.63) is 59.1 Å². The van der Waals surface area contributed by atoms with Crippen LogP contribution in [0.2, 0.25) is 5.02 Å². The predicted molar refractivity (Wildman–Crippen MR) is 106 cm³/mol. The lowest BCUT2D eigenvalue weighted by Gasteiger charge is -2.10. The largest absolute Gasteiger partial charge is 0.481 e. The van der Waals surface area contributed by atoms with E-state index in [9.17, 15) is 13.6 Å². The molecule has 0 radical (unpaired) electrons. The van der Waals surface area contributed by atoms with Gasteiger partial charge in [0.15, 0.2) is 18.2 Å². The monoisotopic (exact) mass is 420 g/mol. The number of nitrogens with zero attached hydrogens (tertiary/aromatic N) is 2. The summed E-state index contributed by atoms with van der Waals surface area (Å²) in [6.45, 7) is 3.97. The van der Waals surface area contributed by atoms with Gasteiger partial charge < -0.3 is 9.84 Å². The second-order valence-corrected chi connectivity index (χ2v) is 7.38. The number of halogens is 3. The van der Waals surface area contributed by atoms with E-state index in [0.717, 1.165) is 23.4 Å². The number of rotatable bonds is 7. The summed E-state index contributed by atoms with van der Waals surface area (Å²) in [5.41, 5.74) is 2.13. The minimum Gasteiger partial charge on any atom is -0.481 e. The summed E-state index contributed by atoms with van der Waals surface area (Å²) in [6.07, 6.45) is 0. The van der Waals surface area contributed by atoms with Gasteiger partial charge in [-0.1, -0.05) is 37.6 Å². The molecular weight excluding hydrogens is 402 g/mol. The van der Waals surface area contributed by atoms with Gasteiger partial charge in [0.05, 0.1) is 11.4 Å². The highest BCUT2D eigenvalue weighted by molar-refractivity contribution is 6.30. The lowest BCUT2D eigenvalue weighted by Crippen LogP contribution is -2.10. The molecule has 1 N–H and O–H groups in total. The van der Waals surface area contributed by atoms with Crippen LogP contribution >= 0.6 is 11.6 Å². The third-order valence-corrected chi connectivity index (χ3v) is 4.36. The van der Waals surface area contributed by atoms with Crippen LogP contribution in [0.1, 0.15) is 13.8 Å². The molecule has 1 aromatic heterocycles. The average Bonchev–Trinajstić information content (AvgIpc) is 3.05. The molecule has 0 atom stereocenters. The molecule has 2 aromatic carbocycles. The van der Waals surface area contributed by atoms with Crippen LogP contribution in [-0.4, -0.2) is 27.5 Å². The first-order valence-electron chi connectivity index (χ1n) is 8.92. The Labute approximate surface area is 171 Å². The summed E-state index contributed by atoms with van der Waals surface area (Å²) in [7, 11) is 0. The van der Waals surface area contributed by atoms with Gasteiger partial charge in [0.2, 0.25) is 0 Å². The second-order valence-electron chi connectivity index (χ2n) is 6.94. The molecule has 0 spiro atoms. The number of carboxylic acid groups (broad SMARTS) is 1. The van der Waals surface area contributed by atoms with E-state index in [2.05, 4.69) is 5.10 Å². The molecule has 0 aliphatic carbocycles. The van der Waals surface area contributed by atoms with Crippen molar-refractivity contribution in [3.8, 4) is 28.3 Å². The normalized spacial score (nSPS) is 11.1. The number of hydrogen-bond donors (Lipinski definition) is 1. The van der Waals surface area contributed by atoms with Gasteiger partial charge in [-0.25, -0.2) is 13.6 Å². The second kappa shape index (κ2) is 8.61. The van der Waals surface area contributed by atoms with E-state index >= 15 is 0 Å².